The van der Waals surface area contributed by atoms with Crippen molar-refractivity contribution in [2.45, 2.75) is 370 Å². The van der Waals surface area contributed by atoms with E-state index < -0.39 is 86.8 Å². The van der Waals surface area contributed by atoms with Crippen molar-refractivity contribution >= 4 is 5.91 Å². The molecule has 472 valence electrons. The number of carbonyl (C=O) groups excluding carboxylic acids is 1. The zero-order valence-corrected chi connectivity index (χ0v) is 51.1. The lowest BCUT2D eigenvalue weighted by Gasteiger charge is -2.46. The molecule has 0 aromatic carbocycles. The molecule has 0 aromatic heterocycles. The van der Waals surface area contributed by atoms with E-state index in [-0.39, 0.29) is 18.9 Å². The fraction of sp³-hybridized carbons (Fsp3) is 0.924. The number of nitrogens with one attached hydrogen (secondary N) is 1. The molecule has 0 aromatic rings. The van der Waals surface area contributed by atoms with Crippen LogP contribution in [0.25, 0.3) is 0 Å². The Morgan fingerprint density at radius 3 is 1.23 bits per heavy atom. The second kappa shape index (κ2) is 51.9. The third-order valence-electron chi connectivity index (χ3n) is 16.6. The van der Waals surface area contributed by atoms with E-state index in [1.165, 1.54) is 231 Å². The number of carbonyl (C=O) groups is 1. The van der Waals surface area contributed by atoms with E-state index in [4.69, 9.17) is 18.9 Å². The van der Waals surface area contributed by atoms with Gasteiger partial charge in [-0.15, -0.1) is 0 Å². The quantitative estimate of drug-likeness (QED) is 0.0204. The van der Waals surface area contributed by atoms with E-state index in [0.717, 1.165) is 32.1 Å². The first-order valence-corrected chi connectivity index (χ1v) is 33.6. The molecule has 1 amide bonds. The molecule has 80 heavy (non-hydrogen) atoms. The number of aliphatic hydroxyl groups is 8. The summed E-state index contributed by atoms with van der Waals surface area (Å²) in [6, 6.07) is -0.929. The minimum Gasteiger partial charge on any atom is -0.394 e. The monoisotopic (exact) mass is 1140 g/mol. The van der Waals surface area contributed by atoms with Crippen molar-refractivity contribution in [3.8, 4) is 0 Å². The Hall–Kier alpha value is -1.53. The Morgan fingerprint density at radius 2 is 0.800 bits per heavy atom. The maximum atomic E-state index is 13.3. The van der Waals surface area contributed by atoms with Crippen LogP contribution in [-0.2, 0) is 23.7 Å². The highest BCUT2D eigenvalue weighted by molar-refractivity contribution is 5.76. The molecule has 2 heterocycles. The number of ether oxygens (including phenoxy) is 4. The minimum absolute atomic E-state index is 0.243. The van der Waals surface area contributed by atoms with Crippen molar-refractivity contribution in [2.75, 3.05) is 19.8 Å². The first kappa shape index (κ1) is 74.6. The predicted octanol–water partition coefficient (Wildman–Crippen LogP) is 12.8. The Bertz CT molecular complexity index is 1440. The smallest absolute Gasteiger partial charge is 0.220 e. The third kappa shape index (κ3) is 36.3. The lowest BCUT2D eigenvalue weighted by atomic mass is 9.97. The summed E-state index contributed by atoms with van der Waals surface area (Å²) in [4.78, 5) is 13.3. The molecule has 0 spiro atoms. The van der Waals surface area contributed by atoms with Crippen molar-refractivity contribution < 1.29 is 64.6 Å². The van der Waals surface area contributed by atoms with E-state index in [9.17, 15) is 45.6 Å². The van der Waals surface area contributed by atoms with Crippen LogP contribution in [0.15, 0.2) is 24.3 Å². The average molecular weight is 1140 g/mol. The minimum atomic E-state index is -1.79. The van der Waals surface area contributed by atoms with Crippen LogP contribution in [-0.4, -0.2) is 140 Å². The summed E-state index contributed by atoms with van der Waals surface area (Å²) in [5.74, 6) is -0.243. The molecule has 0 bridgehead atoms. The fourth-order valence-electron chi connectivity index (χ4n) is 11.3. The van der Waals surface area contributed by atoms with Crippen molar-refractivity contribution in [3.63, 3.8) is 0 Å². The first-order chi connectivity index (χ1) is 39.1. The van der Waals surface area contributed by atoms with Gasteiger partial charge < -0.3 is 65.1 Å². The summed E-state index contributed by atoms with van der Waals surface area (Å²) in [7, 11) is 0. The molecule has 14 heteroatoms. The highest BCUT2D eigenvalue weighted by Crippen LogP contribution is 2.30. The Balaban J connectivity index is 1.72. The van der Waals surface area contributed by atoms with Crippen LogP contribution in [0.5, 0.6) is 0 Å². The zero-order valence-electron chi connectivity index (χ0n) is 51.1. The largest absolute Gasteiger partial charge is 0.394 e. The third-order valence-corrected chi connectivity index (χ3v) is 16.6. The van der Waals surface area contributed by atoms with Crippen molar-refractivity contribution in [2.24, 2.45) is 0 Å². The van der Waals surface area contributed by atoms with Gasteiger partial charge in [0.25, 0.3) is 0 Å². The summed E-state index contributed by atoms with van der Waals surface area (Å²) < 4.78 is 22.8. The summed E-state index contributed by atoms with van der Waals surface area (Å²) in [6.45, 7) is 2.83. The molecule has 14 nitrogen and oxygen atoms in total. The number of hydrogen-bond donors (Lipinski definition) is 9. The zero-order chi connectivity index (χ0) is 58.1. The molecule has 2 rings (SSSR count). The van der Waals surface area contributed by atoms with Crippen LogP contribution in [0.2, 0.25) is 0 Å². The van der Waals surface area contributed by atoms with Gasteiger partial charge in [0.15, 0.2) is 12.6 Å². The van der Waals surface area contributed by atoms with Crippen LogP contribution >= 0.6 is 0 Å². The Labute approximate surface area is 488 Å². The van der Waals surface area contributed by atoms with Crippen LogP contribution in [0.1, 0.15) is 296 Å². The van der Waals surface area contributed by atoms with Gasteiger partial charge in [-0.05, 0) is 32.1 Å². The second-order valence-corrected chi connectivity index (χ2v) is 24.0. The topological polar surface area (TPSA) is 228 Å². The van der Waals surface area contributed by atoms with Crippen LogP contribution < -0.4 is 5.32 Å². The van der Waals surface area contributed by atoms with Crippen molar-refractivity contribution in [1.29, 1.82) is 0 Å². The molecule has 2 fully saturated rings. The normalized spacial score (nSPS) is 24.3. The molecule has 0 saturated carbocycles. The molecule has 0 aliphatic carbocycles. The molecule has 0 radical (unpaired) electrons. The summed E-state index contributed by atoms with van der Waals surface area (Å²) in [5, 5.41) is 87.3. The predicted molar refractivity (Wildman–Crippen MR) is 323 cm³/mol. The lowest BCUT2D eigenvalue weighted by Crippen LogP contribution is -2.65. The Morgan fingerprint density at radius 1 is 0.438 bits per heavy atom. The fourth-order valence-corrected chi connectivity index (χ4v) is 11.3. The van der Waals surface area contributed by atoms with Gasteiger partial charge in [-0.3, -0.25) is 4.79 Å². The maximum absolute atomic E-state index is 13.3. The molecule has 12 unspecified atom stereocenters. The lowest BCUT2D eigenvalue weighted by molar-refractivity contribution is -0.359. The number of hydrogen-bond acceptors (Lipinski definition) is 13. The van der Waals surface area contributed by atoms with E-state index >= 15 is 0 Å². The molecular weight excluding hydrogens is 1010 g/mol. The van der Waals surface area contributed by atoms with Gasteiger partial charge in [-0.1, -0.05) is 282 Å². The van der Waals surface area contributed by atoms with Crippen molar-refractivity contribution in [1.82, 2.24) is 5.32 Å². The van der Waals surface area contributed by atoms with Crippen LogP contribution in [0.3, 0.4) is 0 Å². The van der Waals surface area contributed by atoms with E-state index in [1.54, 1.807) is 6.08 Å². The summed E-state index contributed by atoms with van der Waals surface area (Å²) in [6.07, 6.45) is 46.6. The SMILES string of the molecule is CCCCCCCCCCCCCCCCCCCCCC/C=C/CC/C=C/C(O)C(COC1OC(CO)C(OC2OC(CO)C(O)C(O)C2O)C(O)C1O)NC(=O)CCCCCCCCCCCCCCCCCCCCCC. The van der Waals surface area contributed by atoms with Gasteiger partial charge in [-0.25, -0.2) is 0 Å². The van der Waals surface area contributed by atoms with Crippen molar-refractivity contribution in [3.05, 3.63) is 24.3 Å². The molecular formula is C66H125NO13. The number of aliphatic hydroxyl groups excluding tert-OH is 8. The second-order valence-electron chi connectivity index (χ2n) is 24.0. The van der Waals surface area contributed by atoms with Crippen LogP contribution in [0, 0.1) is 0 Å². The standard InChI is InChI=1S/C66H125NO13/c1-3-5-7-9-11-13-15-17-19-21-23-25-26-27-28-29-30-31-33-35-37-39-41-43-45-47-49-55(70)54(67-58(71)50-48-46-44-42-40-38-36-34-32-24-22-20-18-16-14-12-10-8-6-4-2)53-77-65-63(76)61(74)64(57(52-69)79-65)80-66-62(75)60(73)59(72)56(51-68)78-66/h39,41,47,49,54-57,59-66,68-70,72-76H,3-38,40,42-46,48,50-53H2,1-2H3,(H,67,71)/b41-39+,49-47+. The van der Waals surface area contributed by atoms with Gasteiger partial charge in [0.2, 0.25) is 5.91 Å². The molecule has 2 aliphatic rings. The first-order valence-electron chi connectivity index (χ1n) is 33.6. The van der Waals surface area contributed by atoms with Gasteiger partial charge in [0.05, 0.1) is 32.0 Å². The van der Waals surface area contributed by atoms with Gasteiger partial charge in [-0.2, -0.15) is 0 Å². The van der Waals surface area contributed by atoms with Gasteiger partial charge in [0.1, 0.15) is 48.8 Å². The van der Waals surface area contributed by atoms with E-state index in [1.807, 2.05) is 6.08 Å². The van der Waals surface area contributed by atoms with E-state index in [0.29, 0.717) is 12.8 Å². The maximum Gasteiger partial charge on any atom is 0.220 e. The number of allylic oxidation sites excluding steroid dienone is 3. The average Bonchev–Trinajstić information content (AvgIpc) is 3.46. The number of amides is 1. The van der Waals surface area contributed by atoms with E-state index in [2.05, 4.69) is 31.3 Å². The highest BCUT2D eigenvalue weighted by Gasteiger charge is 2.51. The summed E-state index contributed by atoms with van der Waals surface area (Å²) >= 11 is 0. The Kier molecular flexibility index (Phi) is 48.3. The highest BCUT2D eigenvalue weighted by atomic mass is 16.7. The molecule has 12 atom stereocenters. The molecule has 9 N–H and O–H groups in total. The van der Waals surface area contributed by atoms with Gasteiger partial charge >= 0.3 is 0 Å². The van der Waals surface area contributed by atoms with Gasteiger partial charge in [0, 0.05) is 6.42 Å². The number of rotatable bonds is 55. The molecule has 2 saturated heterocycles. The summed E-state index contributed by atoms with van der Waals surface area (Å²) in [5.41, 5.74) is 0. The molecule has 2 aliphatic heterocycles. The number of unbranched alkanes of at least 4 members (excludes halogenated alkanes) is 40. The van der Waals surface area contributed by atoms with Crippen LogP contribution in [0.4, 0.5) is 0 Å².